The molecule has 0 bridgehead atoms. The van der Waals surface area contributed by atoms with E-state index in [1.54, 1.807) is 6.92 Å². The summed E-state index contributed by atoms with van der Waals surface area (Å²) in [6, 6.07) is 2.74. The van der Waals surface area contributed by atoms with Gasteiger partial charge in [0.1, 0.15) is 11.9 Å². The third-order valence-corrected chi connectivity index (χ3v) is 2.45. The van der Waals surface area contributed by atoms with Crippen molar-refractivity contribution in [2.45, 2.75) is 13.0 Å². The van der Waals surface area contributed by atoms with Gasteiger partial charge in [0.2, 0.25) is 5.91 Å². The van der Waals surface area contributed by atoms with Gasteiger partial charge in [-0.1, -0.05) is 11.6 Å². The second-order valence-corrected chi connectivity index (χ2v) is 3.97. The standard InChI is InChI=1S/C11H13ClFN3O2/c1-6(10(17)16-11(18)14-2)15-7-3-4-9(13)8(12)5-7/h3-6,15H,1-2H3,(H2,14,16,17,18). The van der Waals surface area contributed by atoms with Gasteiger partial charge in [0.05, 0.1) is 5.02 Å². The van der Waals surface area contributed by atoms with Crippen molar-refractivity contribution in [3.05, 3.63) is 29.0 Å². The number of halogens is 2. The van der Waals surface area contributed by atoms with E-state index in [0.29, 0.717) is 5.69 Å². The van der Waals surface area contributed by atoms with Gasteiger partial charge in [-0.05, 0) is 25.1 Å². The largest absolute Gasteiger partial charge is 0.374 e. The minimum atomic E-state index is -0.663. The summed E-state index contributed by atoms with van der Waals surface area (Å²) in [4.78, 5) is 22.5. The number of benzene rings is 1. The Labute approximate surface area is 109 Å². The molecule has 5 nitrogen and oxygen atoms in total. The fraction of sp³-hybridized carbons (Fsp3) is 0.273. The molecular formula is C11H13ClFN3O2. The number of hydrogen-bond donors (Lipinski definition) is 3. The molecule has 1 aromatic rings. The van der Waals surface area contributed by atoms with Gasteiger partial charge in [-0.3, -0.25) is 10.1 Å². The van der Waals surface area contributed by atoms with Crippen LogP contribution in [-0.4, -0.2) is 25.0 Å². The molecule has 0 saturated carbocycles. The summed E-state index contributed by atoms with van der Waals surface area (Å²) in [5.41, 5.74) is 0.487. The topological polar surface area (TPSA) is 70.2 Å². The summed E-state index contributed by atoms with van der Waals surface area (Å²) in [6.45, 7) is 1.57. The number of carbonyl (C=O) groups excluding carboxylic acids is 2. The van der Waals surface area contributed by atoms with Crippen molar-refractivity contribution >= 4 is 29.2 Å². The summed E-state index contributed by atoms with van der Waals surface area (Å²) >= 11 is 5.60. The number of rotatable bonds is 3. The molecular weight excluding hydrogens is 261 g/mol. The fourth-order valence-corrected chi connectivity index (χ4v) is 1.36. The second-order valence-electron chi connectivity index (χ2n) is 3.56. The van der Waals surface area contributed by atoms with Gasteiger partial charge in [0, 0.05) is 12.7 Å². The van der Waals surface area contributed by atoms with E-state index in [1.807, 2.05) is 0 Å². The molecule has 0 aliphatic carbocycles. The number of nitrogens with one attached hydrogen (secondary N) is 3. The van der Waals surface area contributed by atoms with Crippen molar-refractivity contribution in [3.8, 4) is 0 Å². The Bertz CT molecular complexity index is 468. The van der Waals surface area contributed by atoms with E-state index in [2.05, 4.69) is 16.0 Å². The first-order valence-corrected chi connectivity index (χ1v) is 5.56. The van der Waals surface area contributed by atoms with Crippen molar-refractivity contribution in [3.63, 3.8) is 0 Å². The lowest BCUT2D eigenvalue weighted by Gasteiger charge is -2.14. The Morgan fingerprint density at radius 3 is 2.61 bits per heavy atom. The highest BCUT2D eigenvalue weighted by atomic mass is 35.5. The Hall–Kier alpha value is -1.82. The summed E-state index contributed by atoms with van der Waals surface area (Å²) in [7, 11) is 1.40. The minimum Gasteiger partial charge on any atom is -0.374 e. The maximum absolute atomic E-state index is 12.9. The Kier molecular flexibility index (Phi) is 4.91. The molecule has 98 valence electrons. The molecule has 0 radical (unpaired) electrons. The van der Waals surface area contributed by atoms with Crippen LogP contribution in [0.2, 0.25) is 5.02 Å². The van der Waals surface area contributed by atoms with E-state index in [-0.39, 0.29) is 5.02 Å². The van der Waals surface area contributed by atoms with E-state index in [1.165, 1.54) is 25.2 Å². The molecule has 3 N–H and O–H groups in total. The van der Waals surface area contributed by atoms with E-state index in [9.17, 15) is 14.0 Å². The van der Waals surface area contributed by atoms with Crippen LogP contribution >= 0.6 is 11.6 Å². The van der Waals surface area contributed by atoms with Crippen LogP contribution < -0.4 is 16.0 Å². The normalized spacial score (nSPS) is 11.6. The van der Waals surface area contributed by atoms with Crippen LogP contribution in [0, 0.1) is 5.82 Å². The number of amides is 3. The summed E-state index contributed by atoms with van der Waals surface area (Å²) < 4.78 is 12.9. The molecule has 0 aliphatic rings. The molecule has 1 atom stereocenters. The molecule has 1 aromatic carbocycles. The van der Waals surface area contributed by atoms with Gasteiger partial charge in [-0.2, -0.15) is 0 Å². The van der Waals surface area contributed by atoms with E-state index in [4.69, 9.17) is 11.6 Å². The molecule has 0 fully saturated rings. The highest BCUT2D eigenvalue weighted by Crippen LogP contribution is 2.19. The summed E-state index contributed by atoms with van der Waals surface area (Å²) in [6.07, 6.45) is 0. The number of anilines is 1. The first-order chi connectivity index (χ1) is 8.43. The lowest BCUT2D eigenvalue weighted by atomic mass is 10.2. The molecule has 1 unspecified atom stereocenters. The summed E-state index contributed by atoms with van der Waals surface area (Å²) in [5, 5.41) is 7.13. The van der Waals surface area contributed by atoms with E-state index < -0.39 is 23.8 Å². The van der Waals surface area contributed by atoms with Crippen LogP contribution in [0.15, 0.2) is 18.2 Å². The molecule has 1 rings (SSSR count). The Balaban J connectivity index is 2.63. The van der Waals surface area contributed by atoms with Gasteiger partial charge in [0.25, 0.3) is 0 Å². The zero-order valence-electron chi connectivity index (χ0n) is 9.88. The number of carbonyl (C=O) groups is 2. The monoisotopic (exact) mass is 273 g/mol. The fourth-order valence-electron chi connectivity index (χ4n) is 1.18. The SMILES string of the molecule is CNC(=O)NC(=O)C(C)Nc1ccc(F)c(Cl)c1. The second kappa shape index (κ2) is 6.20. The third-order valence-electron chi connectivity index (χ3n) is 2.16. The molecule has 0 saturated heterocycles. The molecule has 0 spiro atoms. The molecule has 7 heteroatoms. The third kappa shape index (κ3) is 3.89. The lowest BCUT2D eigenvalue weighted by Crippen LogP contribution is -2.44. The van der Waals surface area contributed by atoms with Crippen LogP contribution in [0.25, 0.3) is 0 Å². The predicted octanol–water partition coefficient (Wildman–Crippen LogP) is 1.74. The van der Waals surface area contributed by atoms with Crippen molar-refractivity contribution in [2.24, 2.45) is 0 Å². The maximum Gasteiger partial charge on any atom is 0.321 e. The van der Waals surface area contributed by atoms with Crippen LogP contribution in [0.5, 0.6) is 0 Å². The molecule has 0 heterocycles. The summed E-state index contributed by atoms with van der Waals surface area (Å²) in [5.74, 6) is -1.04. The van der Waals surface area contributed by atoms with Crippen LogP contribution in [0.4, 0.5) is 14.9 Å². The van der Waals surface area contributed by atoms with E-state index in [0.717, 1.165) is 0 Å². The minimum absolute atomic E-state index is 0.0427. The quantitative estimate of drug-likeness (QED) is 0.786. The van der Waals surface area contributed by atoms with Crippen molar-refractivity contribution in [1.82, 2.24) is 10.6 Å². The van der Waals surface area contributed by atoms with Crippen LogP contribution in [0.1, 0.15) is 6.92 Å². The molecule has 0 aliphatic heterocycles. The van der Waals surface area contributed by atoms with Gasteiger partial charge < -0.3 is 10.6 Å². The Morgan fingerprint density at radius 2 is 2.06 bits per heavy atom. The van der Waals surface area contributed by atoms with Crippen molar-refractivity contribution in [2.75, 3.05) is 12.4 Å². The number of imide groups is 1. The van der Waals surface area contributed by atoms with Gasteiger partial charge >= 0.3 is 6.03 Å². The van der Waals surface area contributed by atoms with Crippen LogP contribution in [-0.2, 0) is 4.79 Å². The molecule has 3 amide bonds. The van der Waals surface area contributed by atoms with Crippen LogP contribution in [0.3, 0.4) is 0 Å². The smallest absolute Gasteiger partial charge is 0.321 e. The average Bonchev–Trinajstić information content (AvgIpc) is 2.33. The predicted molar refractivity (Wildman–Crippen MR) is 67.1 cm³/mol. The molecule has 18 heavy (non-hydrogen) atoms. The van der Waals surface area contributed by atoms with E-state index >= 15 is 0 Å². The number of hydrogen-bond acceptors (Lipinski definition) is 3. The Morgan fingerprint density at radius 1 is 1.39 bits per heavy atom. The number of urea groups is 1. The average molecular weight is 274 g/mol. The van der Waals surface area contributed by atoms with Crippen molar-refractivity contribution < 1.29 is 14.0 Å². The van der Waals surface area contributed by atoms with Gasteiger partial charge in [0.15, 0.2) is 0 Å². The zero-order chi connectivity index (χ0) is 13.7. The van der Waals surface area contributed by atoms with Crippen molar-refractivity contribution in [1.29, 1.82) is 0 Å². The maximum atomic E-state index is 12.9. The van der Waals surface area contributed by atoms with Gasteiger partial charge in [-0.25, -0.2) is 9.18 Å². The first-order valence-electron chi connectivity index (χ1n) is 5.18. The molecule has 0 aromatic heterocycles. The zero-order valence-corrected chi connectivity index (χ0v) is 10.6. The highest BCUT2D eigenvalue weighted by molar-refractivity contribution is 6.31. The highest BCUT2D eigenvalue weighted by Gasteiger charge is 2.15. The van der Waals surface area contributed by atoms with Gasteiger partial charge in [-0.15, -0.1) is 0 Å². The first kappa shape index (κ1) is 14.2. The lowest BCUT2D eigenvalue weighted by molar-refractivity contribution is -0.120.